The van der Waals surface area contributed by atoms with Gasteiger partial charge in [-0.3, -0.25) is 9.69 Å². The highest BCUT2D eigenvalue weighted by atomic mass is 16.5. The monoisotopic (exact) mass is 458 g/mol. The van der Waals surface area contributed by atoms with Crippen molar-refractivity contribution in [3.8, 4) is 5.75 Å². The topological polar surface area (TPSA) is 88.9 Å². The van der Waals surface area contributed by atoms with Crippen molar-refractivity contribution in [3.05, 3.63) is 81.4 Å². The molecule has 8 nitrogen and oxygen atoms in total. The lowest BCUT2D eigenvalue weighted by Crippen LogP contribution is -2.40. The van der Waals surface area contributed by atoms with Crippen LogP contribution in [-0.4, -0.2) is 43.2 Å². The summed E-state index contributed by atoms with van der Waals surface area (Å²) in [5.74, 6) is 1.44. The van der Waals surface area contributed by atoms with Gasteiger partial charge in [-0.1, -0.05) is 24.3 Å². The molecule has 8 heteroatoms. The number of fused-ring (bicyclic) bond motifs is 2. The van der Waals surface area contributed by atoms with Gasteiger partial charge in [-0.2, -0.15) is 0 Å². The number of aromatic amines is 1. The normalized spacial score (nSPS) is 15.3. The van der Waals surface area contributed by atoms with Crippen molar-refractivity contribution in [2.75, 3.05) is 13.2 Å². The molecule has 2 aromatic carbocycles. The largest absolute Gasteiger partial charge is 0.494 e. The minimum absolute atomic E-state index is 0.135. The third-order valence-electron chi connectivity index (χ3n) is 6.35. The van der Waals surface area contributed by atoms with Crippen LogP contribution in [-0.2, 0) is 18.5 Å². The van der Waals surface area contributed by atoms with Crippen LogP contribution >= 0.6 is 0 Å². The number of hydrogen-bond acceptors (Lipinski definition) is 6. The Labute approximate surface area is 198 Å². The fraction of sp³-hybridized carbons (Fsp3) is 0.385. The number of rotatable bonds is 5. The van der Waals surface area contributed by atoms with Crippen LogP contribution in [0, 0.1) is 0 Å². The highest BCUT2D eigenvalue weighted by molar-refractivity contribution is 5.80. The highest BCUT2D eigenvalue weighted by Crippen LogP contribution is 2.33. The molecule has 1 aliphatic heterocycles. The summed E-state index contributed by atoms with van der Waals surface area (Å²) in [7, 11) is 0. The zero-order chi connectivity index (χ0) is 23.9. The molecular formula is C26H30N6O2. The van der Waals surface area contributed by atoms with Crippen molar-refractivity contribution < 1.29 is 4.74 Å². The van der Waals surface area contributed by atoms with Crippen LogP contribution in [0.2, 0.25) is 0 Å². The Kier molecular flexibility index (Phi) is 5.69. The maximum absolute atomic E-state index is 13.4. The van der Waals surface area contributed by atoms with Gasteiger partial charge in [-0.15, -0.1) is 5.10 Å². The molecule has 0 aliphatic carbocycles. The molecule has 4 aromatic rings. The summed E-state index contributed by atoms with van der Waals surface area (Å²) in [6.07, 6.45) is 0.906. The van der Waals surface area contributed by atoms with E-state index in [0.717, 1.165) is 29.6 Å². The van der Waals surface area contributed by atoms with Crippen molar-refractivity contribution in [2.45, 2.75) is 52.2 Å². The third-order valence-corrected chi connectivity index (χ3v) is 6.35. The highest BCUT2D eigenvalue weighted by Gasteiger charge is 2.34. The predicted molar refractivity (Wildman–Crippen MR) is 131 cm³/mol. The molecule has 34 heavy (non-hydrogen) atoms. The van der Waals surface area contributed by atoms with E-state index in [1.807, 2.05) is 35.9 Å². The van der Waals surface area contributed by atoms with E-state index in [4.69, 9.17) is 4.74 Å². The first kappa shape index (κ1) is 22.3. The van der Waals surface area contributed by atoms with Gasteiger partial charge in [0.15, 0.2) is 5.82 Å². The first-order valence-electron chi connectivity index (χ1n) is 11.7. The standard InChI is InChI=1S/C26H30N6O2/c1-5-34-20-10-11-22-19(14-20)15-21(25(33)27-22)23(24-28-29-30-32(24)26(2,3)4)31-13-12-17-8-6-7-9-18(17)16-31/h6-11,14-15,23H,5,12-13,16H2,1-4H3,(H,27,33). The van der Waals surface area contributed by atoms with Gasteiger partial charge in [0, 0.05) is 29.6 Å². The van der Waals surface area contributed by atoms with Crippen LogP contribution in [0.3, 0.4) is 0 Å². The Bertz CT molecular complexity index is 1380. The number of hydrogen-bond donors (Lipinski definition) is 1. The summed E-state index contributed by atoms with van der Waals surface area (Å²) in [6, 6.07) is 15.8. The summed E-state index contributed by atoms with van der Waals surface area (Å²) in [6.45, 7) is 10.2. The number of nitrogens with one attached hydrogen (secondary N) is 1. The van der Waals surface area contributed by atoms with E-state index >= 15 is 0 Å². The van der Waals surface area contributed by atoms with Gasteiger partial charge in [0.1, 0.15) is 11.8 Å². The SMILES string of the molecule is CCOc1ccc2[nH]c(=O)c(C(c3nnnn3C(C)(C)C)N3CCc4ccccc4C3)cc2c1. The maximum atomic E-state index is 13.4. The molecule has 0 radical (unpaired) electrons. The third kappa shape index (κ3) is 4.09. The molecule has 2 aromatic heterocycles. The quantitative estimate of drug-likeness (QED) is 0.489. The minimum Gasteiger partial charge on any atom is -0.494 e. The second-order valence-electron chi connectivity index (χ2n) is 9.75. The number of pyridine rings is 1. The van der Waals surface area contributed by atoms with E-state index in [2.05, 4.69) is 70.4 Å². The summed E-state index contributed by atoms with van der Waals surface area (Å²) < 4.78 is 7.53. The molecule has 0 saturated heterocycles. The molecule has 3 heterocycles. The van der Waals surface area contributed by atoms with Gasteiger partial charge in [-0.05, 0) is 79.9 Å². The first-order valence-corrected chi connectivity index (χ1v) is 11.7. The number of nitrogens with zero attached hydrogens (tertiary/aromatic N) is 5. The number of tetrazole rings is 1. The molecular weight excluding hydrogens is 428 g/mol. The summed E-state index contributed by atoms with van der Waals surface area (Å²) in [5, 5.41) is 13.7. The van der Waals surface area contributed by atoms with Crippen molar-refractivity contribution >= 4 is 10.9 Å². The Morgan fingerprint density at radius 2 is 1.91 bits per heavy atom. The summed E-state index contributed by atoms with van der Waals surface area (Å²) in [5.41, 5.74) is 3.54. The molecule has 0 spiro atoms. The molecule has 1 unspecified atom stereocenters. The first-order chi connectivity index (χ1) is 16.3. The van der Waals surface area contributed by atoms with Crippen LogP contribution in [0.5, 0.6) is 5.75 Å². The molecule has 0 saturated carbocycles. The number of aromatic nitrogens is 5. The van der Waals surface area contributed by atoms with Crippen LogP contribution in [0.25, 0.3) is 10.9 Å². The van der Waals surface area contributed by atoms with Gasteiger partial charge in [0.2, 0.25) is 0 Å². The van der Waals surface area contributed by atoms with Crippen molar-refractivity contribution in [1.82, 2.24) is 30.1 Å². The fourth-order valence-corrected chi connectivity index (χ4v) is 4.74. The van der Waals surface area contributed by atoms with Gasteiger partial charge in [-0.25, -0.2) is 4.68 Å². The summed E-state index contributed by atoms with van der Waals surface area (Å²) >= 11 is 0. The maximum Gasteiger partial charge on any atom is 0.253 e. The second kappa shape index (κ2) is 8.68. The Morgan fingerprint density at radius 1 is 1.12 bits per heavy atom. The van der Waals surface area contributed by atoms with Crippen molar-refractivity contribution in [2.24, 2.45) is 0 Å². The molecule has 5 rings (SSSR count). The van der Waals surface area contributed by atoms with E-state index in [1.165, 1.54) is 11.1 Å². The fourth-order valence-electron chi connectivity index (χ4n) is 4.74. The Morgan fingerprint density at radius 3 is 2.68 bits per heavy atom. The van der Waals surface area contributed by atoms with Gasteiger partial charge in [0.25, 0.3) is 5.56 Å². The molecule has 176 valence electrons. The molecule has 1 aliphatic rings. The summed E-state index contributed by atoms with van der Waals surface area (Å²) in [4.78, 5) is 18.8. The average Bonchev–Trinajstić information content (AvgIpc) is 3.30. The Hall–Kier alpha value is -3.52. The Balaban J connectivity index is 1.68. The van der Waals surface area contributed by atoms with Gasteiger partial charge in [0.05, 0.1) is 12.1 Å². The lowest BCUT2D eigenvalue weighted by molar-refractivity contribution is 0.185. The average molecular weight is 459 g/mol. The lowest BCUT2D eigenvalue weighted by Gasteiger charge is -2.36. The predicted octanol–water partition coefficient (Wildman–Crippen LogP) is 3.82. The smallest absolute Gasteiger partial charge is 0.253 e. The number of ether oxygens (including phenoxy) is 1. The zero-order valence-electron chi connectivity index (χ0n) is 20.1. The van der Waals surface area contributed by atoms with E-state index in [9.17, 15) is 4.79 Å². The van der Waals surface area contributed by atoms with Crippen LogP contribution in [0.4, 0.5) is 0 Å². The van der Waals surface area contributed by atoms with Crippen LogP contribution in [0.15, 0.2) is 53.3 Å². The lowest BCUT2D eigenvalue weighted by atomic mass is 9.95. The van der Waals surface area contributed by atoms with E-state index in [-0.39, 0.29) is 11.1 Å². The van der Waals surface area contributed by atoms with E-state index in [0.29, 0.717) is 24.5 Å². The second-order valence-corrected chi connectivity index (χ2v) is 9.75. The zero-order valence-corrected chi connectivity index (χ0v) is 20.1. The van der Waals surface area contributed by atoms with Gasteiger partial charge < -0.3 is 9.72 Å². The minimum atomic E-state index is -0.397. The molecule has 0 amide bonds. The molecule has 1 N–H and O–H groups in total. The molecule has 1 atom stereocenters. The number of H-pyrrole nitrogens is 1. The van der Waals surface area contributed by atoms with Crippen LogP contribution in [0.1, 0.15) is 56.3 Å². The molecule has 0 bridgehead atoms. The number of benzene rings is 2. The van der Waals surface area contributed by atoms with E-state index in [1.54, 1.807) is 0 Å². The van der Waals surface area contributed by atoms with Gasteiger partial charge >= 0.3 is 0 Å². The van der Waals surface area contributed by atoms with Crippen LogP contribution < -0.4 is 10.3 Å². The van der Waals surface area contributed by atoms with Crippen molar-refractivity contribution in [1.29, 1.82) is 0 Å². The van der Waals surface area contributed by atoms with E-state index < -0.39 is 6.04 Å². The molecule has 0 fully saturated rings. The van der Waals surface area contributed by atoms with Crippen molar-refractivity contribution in [3.63, 3.8) is 0 Å².